The lowest BCUT2D eigenvalue weighted by atomic mass is 9.92. The molecule has 6 nitrogen and oxygen atoms in total. The summed E-state index contributed by atoms with van der Waals surface area (Å²) in [5, 5.41) is 10.3. The predicted molar refractivity (Wildman–Crippen MR) is 90.9 cm³/mol. The van der Waals surface area contributed by atoms with Crippen LogP contribution in [0.5, 0.6) is 0 Å². The van der Waals surface area contributed by atoms with Gasteiger partial charge >= 0.3 is 0 Å². The second-order valence-electron chi connectivity index (χ2n) is 6.24. The van der Waals surface area contributed by atoms with Crippen LogP contribution in [0, 0.1) is 12.8 Å². The van der Waals surface area contributed by atoms with Crippen LogP contribution in [0.25, 0.3) is 10.6 Å². The van der Waals surface area contributed by atoms with Gasteiger partial charge in [-0.2, -0.15) is 5.10 Å². The Bertz CT molecular complexity index is 859. The van der Waals surface area contributed by atoms with Crippen LogP contribution in [0.15, 0.2) is 34.4 Å². The summed E-state index contributed by atoms with van der Waals surface area (Å²) in [6, 6.07) is 3.91. The highest BCUT2D eigenvalue weighted by molar-refractivity contribution is 7.13. The monoisotopic (exact) mass is 342 g/mol. The predicted octanol–water partition coefficient (Wildman–Crippen LogP) is 2.76. The number of likely N-dealkylation sites (tertiary alicyclic amines) is 1. The van der Waals surface area contributed by atoms with Crippen molar-refractivity contribution < 1.29 is 9.32 Å². The number of aryl methyl sites for hydroxylation is 2. The molecule has 3 aromatic heterocycles. The Morgan fingerprint density at radius 3 is 2.96 bits per heavy atom. The van der Waals surface area contributed by atoms with E-state index in [2.05, 4.69) is 10.3 Å². The molecule has 1 aliphatic heterocycles. The highest BCUT2D eigenvalue weighted by Gasteiger charge is 2.35. The minimum Gasteiger partial charge on any atom is -0.360 e. The van der Waals surface area contributed by atoms with Gasteiger partial charge in [-0.15, -0.1) is 11.3 Å². The zero-order valence-electron chi connectivity index (χ0n) is 13.6. The smallest absolute Gasteiger partial charge is 0.259 e. The second kappa shape index (κ2) is 5.90. The van der Waals surface area contributed by atoms with E-state index in [0.29, 0.717) is 22.9 Å². The molecule has 1 amide bonds. The van der Waals surface area contributed by atoms with E-state index in [1.807, 2.05) is 46.5 Å². The first kappa shape index (κ1) is 15.1. The molecule has 1 fully saturated rings. The molecule has 0 N–H and O–H groups in total. The molecule has 0 atom stereocenters. The Hall–Kier alpha value is -2.41. The first-order valence-corrected chi connectivity index (χ1v) is 8.76. The molecule has 1 saturated heterocycles. The fourth-order valence-electron chi connectivity index (χ4n) is 3.14. The number of thiophene rings is 1. The first-order chi connectivity index (χ1) is 11.6. The molecular weight excluding hydrogens is 324 g/mol. The number of hydrogen-bond donors (Lipinski definition) is 0. The molecule has 24 heavy (non-hydrogen) atoms. The number of aromatic nitrogens is 3. The van der Waals surface area contributed by atoms with Gasteiger partial charge in [-0.1, -0.05) is 11.2 Å². The van der Waals surface area contributed by atoms with Crippen LogP contribution in [0.3, 0.4) is 0 Å². The van der Waals surface area contributed by atoms with Crippen LogP contribution in [-0.4, -0.2) is 38.8 Å². The Kier molecular flexibility index (Phi) is 3.72. The summed E-state index contributed by atoms with van der Waals surface area (Å²) in [4.78, 5) is 15.7. The maximum Gasteiger partial charge on any atom is 0.259 e. The number of nitrogens with zero attached hydrogens (tertiary/aromatic N) is 4. The van der Waals surface area contributed by atoms with Gasteiger partial charge in [0.1, 0.15) is 17.0 Å². The fourth-order valence-corrected chi connectivity index (χ4v) is 3.85. The summed E-state index contributed by atoms with van der Waals surface area (Å²) in [5.41, 5.74) is 2.47. The number of rotatable bonds is 4. The summed E-state index contributed by atoms with van der Waals surface area (Å²) in [7, 11) is 1.92. The standard InChI is InChI=1S/C17H18N4O2S/c1-11-15(16(19-23-11)14-4-3-5-24-14)17(22)21-9-13(10-21)6-12-7-18-20(2)8-12/h3-5,7-8,13H,6,9-10H2,1-2H3. The van der Waals surface area contributed by atoms with E-state index in [1.54, 1.807) is 18.3 Å². The molecule has 0 unspecified atom stereocenters. The Labute approximate surface area is 143 Å². The van der Waals surface area contributed by atoms with E-state index < -0.39 is 0 Å². The zero-order chi connectivity index (χ0) is 16.7. The number of amides is 1. The Morgan fingerprint density at radius 1 is 1.46 bits per heavy atom. The molecule has 3 aromatic rings. The lowest BCUT2D eigenvalue weighted by Crippen LogP contribution is -2.50. The number of carbonyl (C=O) groups excluding carboxylic acids is 1. The number of hydrogen-bond acceptors (Lipinski definition) is 5. The third-order valence-electron chi connectivity index (χ3n) is 4.36. The lowest BCUT2D eigenvalue weighted by Gasteiger charge is -2.39. The Balaban J connectivity index is 1.45. The third kappa shape index (κ3) is 2.65. The zero-order valence-corrected chi connectivity index (χ0v) is 14.4. The van der Waals surface area contributed by atoms with Crippen LogP contribution >= 0.6 is 11.3 Å². The topological polar surface area (TPSA) is 64.2 Å². The lowest BCUT2D eigenvalue weighted by molar-refractivity contribution is 0.0500. The molecule has 0 aliphatic carbocycles. The first-order valence-electron chi connectivity index (χ1n) is 7.88. The molecule has 0 bridgehead atoms. The van der Waals surface area contributed by atoms with Crippen molar-refractivity contribution in [1.29, 1.82) is 0 Å². The minimum atomic E-state index is 0.0135. The van der Waals surface area contributed by atoms with Crippen molar-refractivity contribution in [3.05, 3.63) is 46.8 Å². The van der Waals surface area contributed by atoms with Gasteiger partial charge in [0, 0.05) is 26.3 Å². The van der Waals surface area contributed by atoms with E-state index in [1.165, 1.54) is 5.56 Å². The fraction of sp³-hybridized carbons (Fsp3) is 0.353. The third-order valence-corrected chi connectivity index (χ3v) is 5.23. The van der Waals surface area contributed by atoms with Crippen molar-refractivity contribution in [2.75, 3.05) is 13.1 Å². The molecule has 0 spiro atoms. The van der Waals surface area contributed by atoms with E-state index in [9.17, 15) is 4.79 Å². The van der Waals surface area contributed by atoms with Gasteiger partial charge in [-0.3, -0.25) is 9.48 Å². The summed E-state index contributed by atoms with van der Waals surface area (Å²) in [5.74, 6) is 1.09. The van der Waals surface area contributed by atoms with Crippen molar-refractivity contribution in [3.8, 4) is 10.6 Å². The van der Waals surface area contributed by atoms with Gasteiger partial charge in [0.2, 0.25) is 0 Å². The van der Waals surface area contributed by atoms with Crippen LogP contribution in [0.2, 0.25) is 0 Å². The van der Waals surface area contributed by atoms with Crippen molar-refractivity contribution in [3.63, 3.8) is 0 Å². The van der Waals surface area contributed by atoms with E-state index >= 15 is 0 Å². The van der Waals surface area contributed by atoms with Gasteiger partial charge in [0.25, 0.3) is 5.91 Å². The molecular formula is C17H18N4O2S. The summed E-state index contributed by atoms with van der Waals surface area (Å²) in [6.07, 6.45) is 4.88. The normalized spacial score (nSPS) is 14.8. The van der Waals surface area contributed by atoms with Crippen molar-refractivity contribution in [2.24, 2.45) is 13.0 Å². The molecule has 7 heteroatoms. The maximum atomic E-state index is 12.8. The van der Waals surface area contributed by atoms with E-state index in [0.717, 1.165) is 24.4 Å². The van der Waals surface area contributed by atoms with E-state index in [-0.39, 0.29) is 5.91 Å². The quantitative estimate of drug-likeness (QED) is 0.731. The highest BCUT2D eigenvalue weighted by Crippen LogP contribution is 2.32. The van der Waals surface area contributed by atoms with Gasteiger partial charge in [-0.25, -0.2) is 0 Å². The van der Waals surface area contributed by atoms with Gasteiger partial charge in [0.15, 0.2) is 0 Å². The summed E-state index contributed by atoms with van der Waals surface area (Å²) in [6.45, 7) is 3.33. The average Bonchev–Trinajstić information content (AvgIpc) is 3.22. The molecule has 124 valence electrons. The molecule has 0 saturated carbocycles. The van der Waals surface area contributed by atoms with Gasteiger partial charge in [-0.05, 0) is 36.3 Å². The van der Waals surface area contributed by atoms with E-state index in [4.69, 9.17) is 4.52 Å². The number of carbonyl (C=O) groups is 1. The Morgan fingerprint density at radius 2 is 2.29 bits per heavy atom. The van der Waals surface area contributed by atoms with Crippen molar-refractivity contribution in [1.82, 2.24) is 19.8 Å². The average molecular weight is 342 g/mol. The molecule has 4 rings (SSSR count). The van der Waals surface area contributed by atoms with Gasteiger partial charge < -0.3 is 9.42 Å². The van der Waals surface area contributed by atoms with Gasteiger partial charge in [0.05, 0.1) is 11.1 Å². The summed E-state index contributed by atoms with van der Waals surface area (Å²) < 4.78 is 7.09. The maximum absolute atomic E-state index is 12.8. The highest BCUT2D eigenvalue weighted by atomic mass is 32.1. The minimum absolute atomic E-state index is 0.0135. The molecule has 4 heterocycles. The van der Waals surface area contributed by atoms with Crippen LogP contribution in [-0.2, 0) is 13.5 Å². The largest absolute Gasteiger partial charge is 0.360 e. The summed E-state index contributed by atoms with van der Waals surface area (Å²) >= 11 is 1.56. The molecule has 1 aliphatic rings. The van der Waals surface area contributed by atoms with Crippen LogP contribution in [0.1, 0.15) is 21.7 Å². The SMILES string of the molecule is Cc1onc(-c2cccs2)c1C(=O)N1CC(Cc2cnn(C)c2)C1. The van der Waals surface area contributed by atoms with Crippen molar-refractivity contribution >= 4 is 17.2 Å². The van der Waals surface area contributed by atoms with Crippen LogP contribution < -0.4 is 0 Å². The molecule has 0 radical (unpaired) electrons. The molecule has 0 aromatic carbocycles. The van der Waals surface area contributed by atoms with Crippen LogP contribution in [0.4, 0.5) is 0 Å². The van der Waals surface area contributed by atoms with Crippen molar-refractivity contribution in [2.45, 2.75) is 13.3 Å². The second-order valence-corrected chi connectivity index (χ2v) is 7.19.